The van der Waals surface area contributed by atoms with Crippen molar-refractivity contribution in [1.29, 1.82) is 0 Å². The fourth-order valence-electron chi connectivity index (χ4n) is 4.05. The molecule has 1 unspecified atom stereocenters. The van der Waals surface area contributed by atoms with E-state index in [1.54, 1.807) is 19.9 Å². The third-order valence-electron chi connectivity index (χ3n) is 5.74. The lowest BCUT2D eigenvalue weighted by Crippen LogP contribution is -2.43. The molecule has 0 bridgehead atoms. The summed E-state index contributed by atoms with van der Waals surface area (Å²) >= 11 is 0. The number of hydrogen-bond donors (Lipinski definition) is 2. The number of hydrogen-bond acceptors (Lipinski definition) is 3. The highest BCUT2D eigenvalue weighted by molar-refractivity contribution is 5.92. The second kappa shape index (κ2) is 6.65. The molecule has 0 fully saturated rings. The number of rotatable bonds is 3. The van der Waals surface area contributed by atoms with Gasteiger partial charge in [0.15, 0.2) is 0 Å². The Hall–Kier alpha value is -3.20. The topological polar surface area (TPSA) is 67.2 Å². The zero-order valence-corrected chi connectivity index (χ0v) is 16.9. The molecule has 0 spiro atoms. The lowest BCUT2D eigenvalue weighted by Gasteiger charge is -2.28. The number of halogens is 4. The molecule has 1 amide bonds. The van der Waals surface area contributed by atoms with Gasteiger partial charge in [0.05, 0.1) is 6.20 Å². The molecule has 9 heteroatoms. The van der Waals surface area contributed by atoms with Crippen LogP contribution in [-0.4, -0.2) is 34.0 Å². The first-order chi connectivity index (χ1) is 14.4. The number of nitrogens with one attached hydrogen (secondary N) is 1. The van der Waals surface area contributed by atoms with Gasteiger partial charge in [0.1, 0.15) is 11.4 Å². The van der Waals surface area contributed by atoms with Gasteiger partial charge in [-0.1, -0.05) is 24.3 Å². The third-order valence-corrected chi connectivity index (χ3v) is 5.74. The molecule has 1 heterocycles. The van der Waals surface area contributed by atoms with Gasteiger partial charge in [-0.05, 0) is 42.7 Å². The van der Waals surface area contributed by atoms with Crippen molar-refractivity contribution in [1.82, 2.24) is 15.1 Å². The lowest BCUT2D eigenvalue weighted by atomic mass is 9.89. The van der Waals surface area contributed by atoms with Gasteiger partial charge < -0.3 is 10.4 Å². The predicted molar refractivity (Wildman–Crippen MR) is 105 cm³/mol. The van der Waals surface area contributed by atoms with E-state index in [9.17, 15) is 27.5 Å². The molecular weight excluding hydrogens is 414 g/mol. The van der Waals surface area contributed by atoms with E-state index < -0.39 is 28.7 Å². The van der Waals surface area contributed by atoms with E-state index >= 15 is 0 Å². The summed E-state index contributed by atoms with van der Waals surface area (Å²) in [6, 6.07) is 7.40. The molecule has 2 aromatic carbocycles. The molecule has 2 N–H and O–H groups in total. The third kappa shape index (κ3) is 2.87. The molecule has 1 aliphatic carbocycles. The molecule has 0 aliphatic heterocycles. The van der Waals surface area contributed by atoms with Crippen LogP contribution in [0.3, 0.4) is 0 Å². The van der Waals surface area contributed by atoms with Gasteiger partial charge in [-0.2, -0.15) is 18.3 Å². The first-order valence-electron chi connectivity index (χ1n) is 9.43. The Morgan fingerprint density at radius 2 is 1.81 bits per heavy atom. The maximum atomic E-state index is 14.5. The summed E-state index contributed by atoms with van der Waals surface area (Å²) in [5, 5.41) is 17.5. The average Bonchev–Trinajstić information content (AvgIpc) is 3.30. The van der Waals surface area contributed by atoms with E-state index in [0.29, 0.717) is 11.6 Å². The highest BCUT2D eigenvalue weighted by atomic mass is 19.4. The lowest BCUT2D eigenvalue weighted by molar-refractivity contribution is -0.246. The van der Waals surface area contributed by atoms with Gasteiger partial charge in [0.2, 0.25) is 11.5 Å². The van der Waals surface area contributed by atoms with Gasteiger partial charge in [0, 0.05) is 29.9 Å². The Labute approximate surface area is 175 Å². The molecule has 1 aliphatic rings. The molecule has 162 valence electrons. The number of benzene rings is 2. The summed E-state index contributed by atoms with van der Waals surface area (Å²) in [6.45, 7) is 3.24. The molecule has 0 saturated heterocycles. The minimum absolute atomic E-state index is 0.0779. The smallest absolute Gasteiger partial charge is 0.372 e. The number of carbonyl (C=O) groups is 1. The zero-order valence-electron chi connectivity index (χ0n) is 16.9. The van der Waals surface area contributed by atoms with Crippen molar-refractivity contribution in [3.05, 3.63) is 65.7 Å². The fraction of sp³-hybridized carbons (Fsp3) is 0.273. The normalized spacial score (nSPS) is 17.9. The number of carbonyl (C=O) groups excluding carboxylic acids is 1. The molecule has 1 aromatic heterocycles. The quantitative estimate of drug-likeness (QED) is 0.615. The summed E-state index contributed by atoms with van der Waals surface area (Å²) < 4.78 is 57.9. The number of amides is 1. The van der Waals surface area contributed by atoms with Crippen LogP contribution in [0.5, 0.6) is 0 Å². The van der Waals surface area contributed by atoms with Gasteiger partial charge >= 0.3 is 6.18 Å². The Kier molecular flexibility index (Phi) is 4.51. The molecule has 4 rings (SSSR count). The summed E-state index contributed by atoms with van der Waals surface area (Å²) in [6.07, 6.45) is -2.24. The molecule has 0 saturated carbocycles. The van der Waals surface area contributed by atoms with E-state index in [2.05, 4.69) is 10.4 Å². The van der Waals surface area contributed by atoms with E-state index in [1.807, 2.05) is 0 Å². The summed E-state index contributed by atoms with van der Waals surface area (Å²) in [5.74, 6) is -1.26. The van der Waals surface area contributed by atoms with Crippen LogP contribution in [0.2, 0.25) is 0 Å². The number of nitrogens with zero attached hydrogens (tertiary/aromatic N) is 2. The molecule has 31 heavy (non-hydrogen) atoms. The summed E-state index contributed by atoms with van der Waals surface area (Å²) in [5.41, 5.74) is -4.67. The van der Waals surface area contributed by atoms with Crippen molar-refractivity contribution in [2.24, 2.45) is 0 Å². The minimum atomic E-state index is -5.06. The first-order valence-corrected chi connectivity index (χ1v) is 9.43. The van der Waals surface area contributed by atoms with Crippen molar-refractivity contribution >= 4 is 5.91 Å². The van der Waals surface area contributed by atoms with E-state index in [4.69, 9.17) is 0 Å². The van der Waals surface area contributed by atoms with Gasteiger partial charge in [-0.25, -0.2) is 4.39 Å². The van der Waals surface area contributed by atoms with E-state index in [0.717, 1.165) is 6.07 Å². The van der Waals surface area contributed by atoms with Crippen LogP contribution >= 0.6 is 0 Å². The van der Waals surface area contributed by atoms with Crippen molar-refractivity contribution < 1.29 is 27.5 Å². The van der Waals surface area contributed by atoms with Gasteiger partial charge in [-0.15, -0.1) is 0 Å². The number of likely N-dealkylation sites (N-methyl/N-ethyl adjacent to an activating group) is 1. The summed E-state index contributed by atoms with van der Waals surface area (Å²) in [4.78, 5) is 12.2. The molecule has 3 aromatic rings. The van der Waals surface area contributed by atoms with Gasteiger partial charge in [0.25, 0.3) is 0 Å². The van der Waals surface area contributed by atoms with Crippen molar-refractivity contribution in [3.63, 3.8) is 0 Å². The largest absolute Gasteiger partial charge is 0.425 e. The Bertz CT molecular complexity index is 1200. The van der Waals surface area contributed by atoms with Gasteiger partial charge in [-0.3, -0.25) is 9.48 Å². The standard InChI is InChI=1S/C22H19F4N3O2/c1-20(2,19(30)27-3)29-11-12(10-28-29)15-8-13(23)9-17-18(15)14-6-4-5-7-16(14)21(17,31)22(24,25)26/h4-11,31H,1-3H3,(H,27,30). The number of alkyl halides is 3. The highest BCUT2D eigenvalue weighted by Gasteiger charge is 2.61. The SMILES string of the molecule is CNC(=O)C(C)(C)n1cc(-c2cc(F)cc3c2-c2ccccc2C3(O)C(F)(F)F)cn1. The second-order valence-corrected chi connectivity index (χ2v) is 7.94. The van der Waals surface area contributed by atoms with Crippen LogP contribution in [0.1, 0.15) is 25.0 Å². The second-order valence-electron chi connectivity index (χ2n) is 7.94. The molecule has 0 radical (unpaired) electrons. The van der Waals surface area contributed by atoms with Crippen LogP contribution in [-0.2, 0) is 15.9 Å². The Balaban J connectivity index is 1.98. The fourth-order valence-corrected chi connectivity index (χ4v) is 4.05. The maximum absolute atomic E-state index is 14.5. The average molecular weight is 433 g/mol. The van der Waals surface area contributed by atoms with Crippen LogP contribution in [0.4, 0.5) is 17.6 Å². The van der Waals surface area contributed by atoms with Crippen molar-refractivity contribution in [2.45, 2.75) is 31.2 Å². The first kappa shape index (κ1) is 21.0. The predicted octanol–water partition coefficient (Wildman–Crippen LogP) is 3.95. The van der Waals surface area contributed by atoms with Crippen LogP contribution in [0, 0.1) is 5.82 Å². The summed E-state index contributed by atoms with van der Waals surface area (Å²) in [7, 11) is 1.48. The van der Waals surface area contributed by atoms with E-state index in [-0.39, 0.29) is 28.2 Å². The number of fused-ring (bicyclic) bond motifs is 3. The van der Waals surface area contributed by atoms with Crippen molar-refractivity contribution in [3.8, 4) is 22.3 Å². The Morgan fingerprint density at radius 3 is 2.45 bits per heavy atom. The maximum Gasteiger partial charge on any atom is 0.425 e. The molecule has 1 atom stereocenters. The number of aromatic nitrogens is 2. The van der Waals surface area contributed by atoms with Crippen LogP contribution < -0.4 is 5.32 Å². The number of aliphatic hydroxyl groups is 1. The Morgan fingerprint density at radius 1 is 1.13 bits per heavy atom. The molecular formula is C22H19F4N3O2. The molecule has 5 nitrogen and oxygen atoms in total. The van der Waals surface area contributed by atoms with Crippen LogP contribution in [0.25, 0.3) is 22.3 Å². The van der Waals surface area contributed by atoms with E-state index in [1.165, 1.54) is 42.3 Å². The monoisotopic (exact) mass is 433 g/mol. The minimum Gasteiger partial charge on any atom is -0.372 e. The highest BCUT2D eigenvalue weighted by Crippen LogP contribution is 2.57. The van der Waals surface area contributed by atoms with Crippen molar-refractivity contribution in [2.75, 3.05) is 7.05 Å². The van der Waals surface area contributed by atoms with Crippen LogP contribution in [0.15, 0.2) is 48.8 Å². The zero-order chi connectivity index (χ0) is 22.8.